The maximum absolute atomic E-state index is 12.6. The lowest BCUT2D eigenvalue weighted by molar-refractivity contribution is 0.146. The summed E-state index contributed by atoms with van der Waals surface area (Å²) < 4.78 is 37.1. The van der Waals surface area contributed by atoms with Gasteiger partial charge in [-0.05, 0) is 30.8 Å². The number of sulfonamides is 1. The van der Waals surface area contributed by atoms with Crippen LogP contribution in [0, 0.1) is 0 Å². The van der Waals surface area contributed by atoms with Gasteiger partial charge >= 0.3 is 0 Å². The highest BCUT2D eigenvalue weighted by molar-refractivity contribution is 7.89. The third-order valence-electron chi connectivity index (χ3n) is 3.80. The molecule has 1 aromatic carbocycles. The molecule has 0 bridgehead atoms. The minimum absolute atomic E-state index is 0.316. The van der Waals surface area contributed by atoms with Gasteiger partial charge in [-0.2, -0.15) is 4.31 Å². The molecule has 22 heavy (non-hydrogen) atoms. The number of ether oxygens (including phenoxy) is 2. The van der Waals surface area contributed by atoms with Crippen LogP contribution in [0.1, 0.15) is 6.92 Å². The second kappa shape index (κ2) is 7.92. The van der Waals surface area contributed by atoms with Gasteiger partial charge in [-0.15, -0.1) is 0 Å². The van der Waals surface area contributed by atoms with Gasteiger partial charge in [-0.1, -0.05) is 6.92 Å². The molecule has 6 nitrogen and oxygen atoms in total. The van der Waals surface area contributed by atoms with Crippen molar-refractivity contribution in [2.45, 2.75) is 11.8 Å². The summed E-state index contributed by atoms with van der Waals surface area (Å²) in [5, 5.41) is 0. The molecular formula is C15H24N2O4S. The van der Waals surface area contributed by atoms with E-state index in [1.807, 2.05) is 0 Å². The van der Waals surface area contributed by atoms with E-state index in [-0.39, 0.29) is 0 Å². The summed E-state index contributed by atoms with van der Waals surface area (Å²) in [5.74, 6) is 0.645. The molecule has 0 radical (unpaired) electrons. The SMILES string of the molecule is CCN1CCN(S(=O)(=O)c2ccc(OCCOC)cc2)CC1. The van der Waals surface area contributed by atoms with E-state index in [1.165, 1.54) is 0 Å². The normalized spacial score (nSPS) is 17.5. The van der Waals surface area contributed by atoms with Crippen molar-refractivity contribution in [1.29, 1.82) is 0 Å². The van der Waals surface area contributed by atoms with Crippen LogP contribution in [0.25, 0.3) is 0 Å². The third-order valence-corrected chi connectivity index (χ3v) is 5.71. The molecule has 2 rings (SSSR count). The van der Waals surface area contributed by atoms with Crippen molar-refractivity contribution in [2.75, 3.05) is 53.0 Å². The van der Waals surface area contributed by atoms with Crippen LogP contribution in [0.4, 0.5) is 0 Å². The van der Waals surface area contributed by atoms with E-state index in [4.69, 9.17) is 9.47 Å². The Morgan fingerprint density at radius 2 is 1.68 bits per heavy atom. The Balaban J connectivity index is 2.00. The minimum atomic E-state index is -3.41. The Kier molecular flexibility index (Phi) is 6.19. The fourth-order valence-corrected chi connectivity index (χ4v) is 3.81. The first-order valence-electron chi connectivity index (χ1n) is 7.52. The molecule has 0 atom stereocenters. The molecule has 0 N–H and O–H groups in total. The van der Waals surface area contributed by atoms with Crippen LogP contribution in [-0.2, 0) is 14.8 Å². The van der Waals surface area contributed by atoms with E-state index in [0.717, 1.165) is 19.6 Å². The largest absolute Gasteiger partial charge is 0.491 e. The molecule has 7 heteroatoms. The van der Waals surface area contributed by atoms with Crippen LogP contribution >= 0.6 is 0 Å². The molecule has 0 amide bonds. The fourth-order valence-electron chi connectivity index (χ4n) is 2.39. The van der Waals surface area contributed by atoms with E-state index >= 15 is 0 Å². The topological polar surface area (TPSA) is 59.1 Å². The number of rotatable bonds is 7. The predicted octanol–water partition coefficient (Wildman–Crippen LogP) is 1.04. The second-order valence-electron chi connectivity index (χ2n) is 5.15. The summed E-state index contributed by atoms with van der Waals surface area (Å²) in [6.07, 6.45) is 0. The van der Waals surface area contributed by atoms with Crippen LogP contribution in [-0.4, -0.2) is 70.7 Å². The van der Waals surface area contributed by atoms with Crippen molar-refractivity contribution < 1.29 is 17.9 Å². The smallest absolute Gasteiger partial charge is 0.243 e. The van der Waals surface area contributed by atoms with Crippen molar-refractivity contribution >= 4 is 10.0 Å². The van der Waals surface area contributed by atoms with Crippen LogP contribution < -0.4 is 4.74 Å². The Bertz CT molecular complexity index is 551. The molecule has 1 saturated heterocycles. The lowest BCUT2D eigenvalue weighted by atomic mass is 10.3. The van der Waals surface area contributed by atoms with E-state index in [9.17, 15) is 8.42 Å². The average molecular weight is 328 g/mol. The number of nitrogens with zero attached hydrogens (tertiary/aromatic N) is 2. The molecule has 1 heterocycles. The van der Waals surface area contributed by atoms with Crippen LogP contribution in [0.2, 0.25) is 0 Å². The molecule has 0 spiro atoms. The lowest BCUT2D eigenvalue weighted by Gasteiger charge is -2.33. The molecule has 0 saturated carbocycles. The summed E-state index contributed by atoms with van der Waals surface area (Å²) in [6, 6.07) is 6.57. The van der Waals surface area contributed by atoms with Crippen molar-refractivity contribution in [2.24, 2.45) is 0 Å². The molecular weight excluding hydrogens is 304 g/mol. The minimum Gasteiger partial charge on any atom is -0.491 e. The maximum Gasteiger partial charge on any atom is 0.243 e. The summed E-state index contributed by atoms with van der Waals surface area (Å²) in [7, 11) is -1.80. The Morgan fingerprint density at radius 3 is 2.23 bits per heavy atom. The first kappa shape index (κ1) is 17.2. The van der Waals surface area contributed by atoms with Gasteiger partial charge in [0.25, 0.3) is 0 Å². The summed E-state index contributed by atoms with van der Waals surface area (Å²) >= 11 is 0. The van der Waals surface area contributed by atoms with Crippen LogP contribution in [0.3, 0.4) is 0 Å². The molecule has 1 aromatic rings. The zero-order valence-electron chi connectivity index (χ0n) is 13.2. The molecule has 124 valence electrons. The third kappa shape index (κ3) is 4.19. The summed E-state index contributed by atoms with van der Waals surface area (Å²) in [6.45, 7) is 6.66. The number of benzene rings is 1. The van der Waals surface area contributed by atoms with E-state index in [1.54, 1.807) is 35.7 Å². The number of hydrogen-bond acceptors (Lipinski definition) is 5. The van der Waals surface area contributed by atoms with Gasteiger partial charge in [0, 0.05) is 33.3 Å². The van der Waals surface area contributed by atoms with Gasteiger partial charge in [0.05, 0.1) is 11.5 Å². The number of methoxy groups -OCH3 is 1. The molecule has 0 unspecified atom stereocenters. The Labute approximate surface area is 132 Å². The van der Waals surface area contributed by atoms with Gasteiger partial charge in [-0.3, -0.25) is 0 Å². The molecule has 0 aliphatic carbocycles. The zero-order chi connectivity index (χ0) is 16.0. The number of piperazine rings is 1. The fraction of sp³-hybridized carbons (Fsp3) is 0.600. The first-order chi connectivity index (χ1) is 10.6. The zero-order valence-corrected chi connectivity index (χ0v) is 14.0. The first-order valence-corrected chi connectivity index (χ1v) is 8.96. The van der Waals surface area contributed by atoms with E-state index in [2.05, 4.69) is 11.8 Å². The molecule has 1 aliphatic rings. The van der Waals surface area contributed by atoms with Gasteiger partial charge in [-0.25, -0.2) is 8.42 Å². The highest BCUT2D eigenvalue weighted by Gasteiger charge is 2.27. The maximum atomic E-state index is 12.6. The van der Waals surface area contributed by atoms with Crippen molar-refractivity contribution in [3.05, 3.63) is 24.3 Å². The summed E-state index contributed by atoms with van der Waals surface area (Å²) in [5.41, 5.74) is 0. The highest BCUT2D eigenvalue weighted by Crippen LogP contribution is 2.20. The van der Waals surface area contributed by atoms with Gasteiger partial charge in [0.1, 0.15) is 12.4 Å². The standard InChI is InChI=1S/C15H24N2O4S/c1-3-16-8-10-17(11-9-16)22(18,19)15-6-4-14(5-7-15)21-13-12-20-2/h4-7H,3,8-13H2,1-2H3. The van der Waals surface area contributed by atoms with Crippen LogP contribution in [0.5, 0.6) is 5.75 Å². The van der Waals surface area contributed by atoms with Gasteiger partial charge < -0.3 is 14.4 Å². The van der Waals surface area contributed by atoms with Crippen molar-refractivity contribution in [3.63, 3.8) is 0 Å². The number of likely N-dealkylation sites (N-methyl/N-ethyl adjacent to an activating group) is 1. The lowest BCUT2D eigenvalue weighted by Crippen LogP contribution is -2.48. The van der Waals surface area contributed by atoms with Gasteiger partial charge in [0.2, 0.25) is 10.0 Å². The Hall–Kier alpha value is -1.15. The summed E-state index contributed by atoms with van der Waals surface area (Å²) in [4.78, 5) is 2.57. The average Bonchev–Trinajstić information content (AvgIpc) is 2.55. The molecule has 1 fully saturated rings. The van der Waals surface area contributed by atoms with Crippen LogP contribution in [0.15, 0.2) is 29.2 Å². The Morgan fingerprint density at radius 1 is 1.05 bits per heavy atom. The van der Waals surface area contributed by atoms with Gasteiger partial charge in [0.15, 0.2) is 0 Å². The number of hydrogen-bond donors (Lipinski definition) is 0. The van der Waals surface area contributed by atoms with E-state index < -0.39 is 10.0 Å². The second-order valence-corrected chi connectivity index (χ2v) is 7.09. The molecule has 0 aromatic heterocycles. The van der Waals surface area contributed by atoms with E-state index in [0.29, 0.717) is 36.9 Å². The highest BCUT2D eigenvalue weighted by atomic mass is 32.2. The monoisotopic (exact) mass is 328 g/mol. The van der Waals surface area contributed by atoms with Crippen molar-refractivity contribution in [1.82, 2.24) is 9.21 Å². The van der Waals surface area contributed by atoms with Crippen molar-refractivity contribution in [3.8, 4) is 5.75 Å². The predicted molar refractivity (Wildman–Crippen MR) is 84.7 cm³/mol. The quantitative estimate of drug-likeness (QED) is 0.700. The molecule has 1 aliphatic heterocycles.